The molecule has 0 N–H and O–H groups in total. The van der Waals surface area contributed by atoms with Gasteiger partial charge in [0.05, 0.1) is 8.07 Å². The average molecular weight is 477 g/mol. The maximum absolute atomic E-state index is 2.77. The monoisotopic (exact) mass is 476 g/mol. The Bertz CT molecular complexity index is 1090. The Morgan fingerprint density at radius 3 is 1.40 bits per heavy atom. The molecular formula is C34H40Si. The van der Waals surface area contributed by atoms with E-state index in [4.69, 9.17) is 0 Å². The van der Waals surface area contributed by atoms with Crippen molar-refractivity contribution in [3.8, 4) is 0 Å². The number of hydrogen-bond acceptors (Lipinski definition) is 0. The Morgan fingerprint density at radius 1 is 0.600 bits per heavy atom. The molecule has 0 bridgehead atoms. The molecule has 6 unspecified atom stereocenters. The molecule has 0 nitrogen and oxygen atoms in total. The highest BCUT2D eigenvalue weighted by atomic mass is 28.3. The van der Waals surface area contributed by atoms with E-state index in [1.807, 2.05) is 0 Å². The molecule has 0 saturated heterocycles. The topological polar surface area (TPSA) is 0 Å². The van der Waals surface area contributed by atoms with Crippen LogP contribution in [-0.2, 0) is 0 Å². The molecule has 2 saturated carbocycles. The van der Waals surface area contributed by atoms with Gasteiger partial charge in [-0.1, -0.05) is 124 Å². The molecule has 6 rings (SSSR count). The van der Waals surface area contributed by atoms with E-state index >= 15 is 0 Å². The molecule has 8 atom stereocenters. The van der Waals surface area contributed by atoms with Crippen molar-refractivity contribution in [3.63, 3.8) is 0 Å². The summed E-state index contributed by atoms with van der Waals surface area (Å²) >= 11 is 0. The third-order valence-electron chi connectivity index (χ3n) is 10.2. The molecule has 2 aromatic carbocycles. The van der Waals surface area contributed by atoms with Crippen molar-refractivity contribution in [2.45, 2.75) is 50.9 Å². The Labute approximate surface area is 213 Å². The van der Waals surface area contributed by atoms with Crippen molar-refractivity contribution < 1.29 is 0 Å². The average Bonchev–Trinajstić information content (AvgIpc) is 3.41. The Kier molecular flexibility index (Phi) is 5.88. The lowest BCUT2D eigenvalue weighted by Gasteiger charge is -2.46. The minimum absolute atomic E-state index is 0.684. The second kappa shape index (κ2) is 8.93. The first-order chi connectivity index (χ1) is 17.0. The van der Waals surface area contributed by atoms with E-state index in [1.165, 1.54) is 24.0 Å². The summed E-state index contributed by atoms with van der Waals surface area (Å²) in [6.45, 7) is 10.7. The van der Waals surface area contributed by atoms with E-state index in [-0.39, 0.29) is 0 Å². The quantitative estimate of drug-likeness (QED) is 0.386. The number of allylic oxidation sites excluding steroid dienone is 8. The zero-order valence-electron chi connectivity index (χ0n) is 21.8. The molecule has 0 radical (unpaired) electrons. The Hall–Kier alpha value is -2.38. The molecule has 4 aliphatic rings. The van der Waals surface area contributed by atoms with E-state index in [2.05, 4.69) is 124 Å². The summed E-state index contributed by atoms with van der Waals surface area (Å²) in [6.07, 6.45) is 17.5. The van der Waals surface area contributed by atoms with E-state index < -0.39 is 8.07 Å². The number of fused-ring (bicyclic) bond motifs is 2. The van der Waals surface area contributed by atoms with Crippen LogP contribution in [0.25, 0.3) is 11.1 Å². The minimum Gasteiger partial charge on any atom is -0.0808 e. The predicted molar refractivity (Wildman–Crippen MR) is 154 cm³/mol. The van der Waals surface area contributed by atoms with Gasteiger partial charge in [-0.25, -0.2) is 0 Å². The van der Waals surface area contributed by atoms with Crippen LogP contribution in [0.15, 0.2) is 97.1 Å². The SMILES string of the molecule is CC1C[C@@H]2C(c3ccccc3)=CC=CC2C1[Si](C)(C)C1C(C)C[C@@H]2C(c3ccccc3)=CC=CC12. The van der Waals surface area contributed by atoms with Gasteiger partial charge in [0.15, 0.2) is 0 Å². The molecule has 4 aliphatic carbocycles. The fourth-order valence-corrected chi connectivity index (χ4v) is 15.5. The lowest BCUT2D eigenvalue weighted by molar-refractivity contribution is 0.495. The molecule has 0 spiro atoms. The molecule has 0 aromatic heterocycles. The van der Waals surface area contributed by atoms with Crippen LogP contribution in [-0.4, -0.2) is 8.07 Å². The van der Waals surface area contributed by atoms with Crippen LogP contribution in [0.1, 0.15) is 37.8 Å². The largest absolute Gasteiger partial charge is 0.0808 e. The van der Waals surface area contributed by atoms with Crippen molar-refractivity contribution in [3.05, 3.63) is 108 Å². The van der Waals surface area contributed by atoms with Crippen molar-refractivity contribution in [2.75, 3.05) is 0 Å². The summed E-state index contributed by atoms with van der Waals surface area (Å²) in [5, 5.41) is 0. The normalized spacial score (nSPS) is 35.9. The summed E-state index contributed by atoms with van der Waals surface area (Å²) in [5.74, 6) is 4.37. The summed E-state index contributed by atoms with van der Waals surface area (Å²) in [7, 11) is -1.60. The molecular weight excluding hydrogens is 436 g/mol. The van der Waals surface area contributed by atoms with E-state index in [0.29, 0.717) is 23.7 Å². The first kappa shape index (κ1) is 23.0. The van der Waals surface area contributed by atoms with Gasteiger partial charge < -0.3 is 0 Å². The lowest BCUT2D eigenvalue weighted by atomic mass is 9.81. The number of rotatable bonds is 4. The van der Waals surface area contributed by atoms with Gasteiger partial charge in [-0.3, -0.25) is 0 Å². The molecule has 0 heterocycles. The molecule has 0 aliphatic heterocycles. The van der Waals surface area contributed by atoms with Gasteiger partial charge in [0.2, 0.25) is 0 Å². The van der Waals surface area contributed by atoms with Gasteiger partial charge in [-0.15, -0.1) is 0 Å². The first-order valence-electron chi connectivity index (χ1n) is 13.8. The standard InChI is InChI=1S/C34H40Si/c1-23-21-31-27(25-13-7-5-8-14-25)17-11-19-29(31)33(23)35(3,4)34-24(2)22-32-28(18-12-20-30(32)34)26-15-9-6-10-16-26/h5-20,23-24,29-34H,21-22H2,1-4H3/t23?,24?,29?,30?,31-,32-,33?,34?/m1/s1. The summed E-state index contributed by atoms with van der Waals surface area (Å²) in [4.78, 5) is 0. The summed E-state index contributed by atoms with van der Waals surface area (Å²) in [5.41, 5.74) is 7.73. The van der Waals surface area contributed by atoms with Crippen LogP contribution >= 0.6 is 0 Å². The van der Waals surface area contributed by atoms with Crippen LogP contribution in [0, 0.1) is 35.5 Å². The zero-order chi connectivity index (χ0) is 24.2. The maximum atomic E-state index is 2.77. The fourth-order valence-electron chi connectivity index (χ4n) is 9.23. The van der Waals surface area contributed by atoms with Crippen LogP contribution in [0.4, 0.5) is 0 Å². The summed E-state index contributed by atoms with van der Waals surface area (Å²) in [6, 6.07) is 22.3. The third kappa shape index (κ3) is 3.78. The second-order valence-electron chi connectivity index (χ2n) is 12.4. The summed E-state index contributed by atoms with van der Waals surface area (Å²) < 4.78 is 0. The van der Waals surface area contributed by atoms with Crippen LogP contribution in [0.2, 0.25) is 24.2 Å². The highest BCUT2D eigenvalue weighted by molar-refractivity contribution is 6.80. The van der Waals surface area contributed by atoms with Crippen LogP contribution in [0.3, 0.4) is 0 Å². The molecule has 35 heavy (non-hydrogen) atoms. The van der Waals surface area contributed by atoms with Crippen molar-refractivity contribution in [1.82, 2.24) is 0 Å². The molecule has 1 heteroatoms. The second-order valence-corrected chi connectivity index (χ2v) is 17.4. The fraction of sp³-hybridized carbons (Fsp3) is 0.412. The van der Waals surface area contributed by atoms with Crippen LogP contribution < -0.4 is 0 Å². The molecule has 2 fully saturated rings. The lowest BCUT2D eigenvalue weighted by Crippen LogP contribution is -2.45. The smallest absolute Gasteiger partial charge is 0.0553 e. The van der Waals surface area contributed by atoms with Crippen molar-refractivity contribution in [1.29, 1.82) is 0 Å². The predicted octanol–water partition coefficient (Wildman–Crippen LogP) is 9.29. The van der Waals surface area contributed by atoms with Gasteiger partial charge >= 0.3 is 0 Å². The van der Waals surface area contributed by atoms with Gasteiger partial charge in [0, 0.05) is 0 Å². The van der Waals surface area contributed by atoms with Crippen molar-refractivity contribution >= 4 is 19.2 Å². The van der Waals surface area contributed by atoms with Gasteiger partial charge in [0.25, 0.3) is 0 Å². The van der Waals surface area contributed by atoms with E-state index in [1.54, 1.807) is 11.1 Å². The number of hydrogen-bond donors (Lipinski definition) is 0. The van der Waals surface area contributed by atoms with Gasteiger partial charge in [-0.2, -0.15) is 0 Å². The van der Waals surface area contributed by atoms with Gasteiger partial charge in [0.1, 0.15) is 0 Å². The van der Waals surface area contributed by atoms with E-state index in [0.717, 1.165) is 22.9 Å². The van der Waals surface area contributed by atoms with E-state index in [9.17, 15) is 0 Å². The molecule has 2 aromatic rings. The number of benzene rings is 2. The van der Waals surface area contributed by atoms with Crippen LogP contribution in [0.5, 0.6) is 0 Å². The third-order valence-corrected chi connectivity index (χ3v) is 15.5. The zero-order valence-corrected chi connectivity index (χ0v) is 22.8. The Balaban J connectivity index is 1.31. The van der Waals surface area contributed by atoms with Gasteiger partial charge in [-0.05, 0) is 81.7 Å². The van der Waals surface area contributed by atoms with Crippen molar-refractivity contribution in [2.24, 2.45) is 35.5 Å². The molecule has 0 amide bonds. The minimum atomic E-state index is -1.60. The highest BCUT2D eigenvalue weighted by Crippen LogP contribution is 2.64. The highest BCUT2D eigenvalue weighted by Gasteiger charge is 2.57. The Morgan fingerprint density at radius 2 is 1.00 bits per heavy atom. The first-order valence-corrected chi connectivity index (χ1v) is 17.0. The molecule has 180 valence electrons. The maximum Gasteiger partial charge on any atom is 0.0553 e.